The molecular weight excluding hydrogens is 344 g/mol. The highest BCUT2D eigenvalue weighted by Gasteiger charge is 2.30. The Morgan fingerprint density at radius 3 is 2.64 bits per heavy atom. The smallest absolute Gasteiger partial charge is 0.253 e. The van der Waals surface area contributed by atoms with E-state index in [1.165, 1.54) is 4.31 Å². The molecule has 1 amide bonds. The van der Waals surface area contributed by atoms with Crippen LogP contribution >= 0.6 is 0 Å². The van der Waals surface area contributed by atoms with Gasteiger partial charge in [0.1, 0.15) is 6.61 Å². The zero-order valence-electron chi connectivity index (χ0n) is 14.6. The first-order chi connectivity index (χ1) is 11.9. The molecule has 1 aromatic carbocycles. The first-order valence-electron chi connectivity index (χ1n) is 8.52. The van der Waals surface area contributed by atoms with Crippen molar-refractivity contribution in [2.75, 3.05) is 44.4 Å². The molecule has 2 aliphatic rings. The number of carbonyl (C=O) groups excluding carboxylic acids is 1. The largest absolute Gasteiger partial charge is 0.379 e. The van der Waals surface area contributed by atoms with Crippen LogP contribution in [0.3, 0.4) is 0 Å². The van der Waals surface area contributed by atoms with Crippen LogP contribution in [0.5, 0.6) is 0 Å². The number of benzene rings is 1. The molecule has 8 heteroatoms. The van der Waals surface area contributed by atoms with Gasteiger partial charge in [0.2, 0.25) is 10.0 Å². The van der Waals surface area contributed by atoms with E-state index < -0.39 is 10.0 Å². The molecule has 0 spiro atoms. The molecule has 2 aliphatic heterocycles. The molecular formula is C17H24N2O5S. The maximum atomic E-state index is 12.7. The highest BCUT2D eigenvalue weighted by Crippen LogP contribution is 2.31. The molecule has 1 aromatic rings. The minimum absolute atomic E-state index is 0.00735. The molecule has 2 heterocycles. The molecule has 1 saturated heterocycles. The third-order valence-corrected chi connectivity index (χ3v) is 6.29. The number of hydrogen-bond donors (Lipinski definition) is 0. The number of sulfonamides is 1. The second-order valence-electron chi connectivity index (χ2n) is 6.46. The summed E-state index contributed by atoms with van der Waals surface area (Å²) in [5.74, 6) is -0.101. The SMILES string of the molecule is CC(C)OCC(=O)N1CCc2cc(S(=O)(=O)N3CCOCC3)ccc21. The van der Waals surface area contributed by atoms with Crippen LogP contribution in [0.15, 0.2) is 23.1 Å². The third kappa shape index (κ3) is 3.87. The van der Waals surface area contributed by atoms with Crippen LogP contribution in [0.4, 0.5) is 5.69 Å². The van der Waals surface area contributed by atoms with E-state index in [9.17, 15) is 13.2 Å². The first kappa shape index (κ1) is 18.3. The van der Waals surface area contributed by atoms with Crippen molar-refractivity contribution in [3.63, 3.8) is 0 Å². The van der Waals surface area contributed by atoms with Crippen LogP contribution in [0.1, 0.15) is 19.4 Å². The molecule has 25 heavy (non-hydrogen) atoms. The van der Waals surface area contributed by atoms with Gasteiger partial charge in [-0.1, -0.05) is 0 Å². The molecule has 0 saturated carbocycles. The van der Waals surface area contributed by atoms with Gasteiger partial charge in [-0.15, -0.1) is 0 Å². The number of ether oxygens (including phenoxy) is 2. The molecule has 0 bridgehead atoms. The summed E-state index contributed by atoms with van der Waals surface area (Å²) in [5.41, 5.74) is 1.66. The van der Waals surface area contributed by atoms with Crippen LogP contribution < -0.4 is 4.90 Å². The Morgan fingerprint density at radius 1 is 1.24 bits per heavy atom. The lowest BCUT2D eigenvalue weighted by Crippen LogP contribution is -2.40. The average Bonchev–Trinajstić information content (AvgIpc) is 3.03. The Bertz CT molecular complexity index is 741. The second kappa shape index (κ2) is 7.41. The fourth-order valence-electron chi connectivity index (χ4n) is 3.05. The highest BCUT2D eigenvalue weighted by molar-refractivity contribution is 7.89. The van der Waals surface area contributed by atoms with E-state index in [0.717, 1.165) is 11.3 Å². The Morgan fingerprint density at radius 2 is 1.96 bits per heavy atom. The number of anilines is 1. The number of nitrogens with zero attached hydrogens (tertiary/aromatic N) is 2. The Hall–Kier alpha value is -1.48. The van der Waals surface area contributed by atoms with Crippen LogP contribution in [0, 0.1) is 0 Å². The lowest BCUT2D eigenvalue weighted by Gasteiger charge is -2.26. The summed E-state index contributed by atoms with van der Waals surface area (Å²) < 4.78 is 37.6. The van der Waals surface area contributed by atoms with E-state index in [2.05, 4.69) is 0 Å². The molecule has 0 aliphatic carbocycles. The molecule has 138 valence electrons. The van der Waals surface area contributed by atoms with Crippen molar-refractivity contribution in [3.8, 4) is 0 Å². The second-order valence-corrected chi connectivity index (χ2v) is 8.40. The van der Waals surface area contributed by atoms with Crippen LogP contribution in [-0.4, -0.2) is 64.2 Å². The molecule has 0 radical (unpaired) electrons. The third-order valence-electron chi connectivity index (χ3n) is 4.40. The fraction of sp³-hybridized carbons (Fsp3) is 0.588. The maximum absolute atomic E-state index is 12.7. The minimum Gasteiger partial charge on any atom is -0.379 e. The molecule has 0 N–H and O–H groups in total. The van der Waals surface area contributed by atoms with Gasteiger partial charge in [-0.05, 0) is 44.0 Å². The standard InChI is InChI=1S/C17H24N2O5S/c1-13(2)24-12-17(20)19-6-5-14-11-15(3-4-16(14)19)25(21,22)18-7-9-23-10-8-18/h3-4,11,13H,5-10,12H2,1-2H3. The summed E-state index contributed by atoms with van der Waals surface area (Å²) in [6.07, 6.45) is 0.641. The summed E-state index contributed by atoms with van der Waals surface area (Å²) in [4.78, 5) is 14.3. The normalized spacial score (nSPS) is 18.6. The summed E-state index contributed by atoms with van der Waals surface area (Å²) in [6, 6.07) is 5.00. The fourth-order valence-corrected chi connectivity index (χ4v) is 4.51. The monoisotopic (exact) mass is 368 g/mol. The van der Waals surface area contributed by atoms with Crippen molar-refractivity contribution in [1.29, 1.82) is 0 Å². The van der Waals surface area contributed by atoms with Crippen molar-refractivity contribution >= 4 is 21.6 Å². The summed E-state index contributed by atoms with van der Waals surface area (Å²) in [7, 11) is -3.52. The number of carbonyl (C=O) groups is 1. The predicted octanol–water partition coefficient (Wildman–Crippen LogP) is 1.02. The molecule has 1 fully saturated rings. The van der Waals surface area contributed by atoms with Crippen molar-refractivity contribution < 1.29 is 22.7 Å². The van der Waals surface area contributed by atoms with E-state index in [-0.39, 0.29) is 23.5 Å². The molecule has 0 atom stereocenters. The van der Waals surface area contributed by atoms with Crippen LogP contribution in [0.25, 0.3) is 0 Å². The average molecular weight is 368 g/mol. The number of morpholine rings is 1. The Balaban J connectivity index is 1.78. The highest BCUT2D eigenvalue weighted by atomic mass is 32.2. The van der Waals surface area contributed by atoms with E-state index in [1.807, 2.05) is 13.8 Å². The number of amides is 1. The van der Waals surface area contributed by atoms with Gasteiger partial charge >= 0.3 is 0 Å². The van der Waals surface area contributed by atoms with Gasteiger partial charge in [0.05, 0.1) is 24.2 Å². The molecule has 0 aromatic heterocycles. The summed E-state index contributed by atoms with van der Waals surface area (Å²) in [6.45, 7) is 5.93. The van der Waals surface area contributed by atoms with Crippen molar-refractivity contribution in [1.82, 2.24) is 4.31 Å². The predicted molar refractivity (Wildman–Crippen MR) is 93.2 cm³/mol. The van der Waals surface area contributed by atoms with Gasteiger partial charge in [0.25, 0.3) is 5.91 Å². The lowest BCUT2D eigenvalue weighted by molar-refractivity contribution is -0.124. The lowest BCUT2D eigenvalue weighted by atomic mass is 10.2. The van der Waals surface area contributed by atoms with E-state index in [1.54, 1.807) is 23.1 Å². The van der Waals surface area contributed by atoms with Gasteiger partial charge in [0, 0.05) is 25.3 Å². The van der Waals surface area contributed by atoms with Crippen molar-refractivity contribution in [2.45, 2.75) is 31.3 Å². The topological polar surface area (TPSA) is 76.2 Å². The summed E-state index contributed by atoms with van der Waals surface area (Å²) >= 11 is 0. The quantitative estimate of drug-likeness (QED) is 0.776. The van der Waals surface area contributed by atoms with Gasteiger partial charge in [-0.2, -0.15) is 4.31 Å². The first-order valence-corrected chi connectivity index (χ1v) is 9.96. The number of rotatable bonds is 5. The van der Waals surface area contributed by atoms with Gasteiger partial charge in [-0.25, -0.2) is 8.42 Å². The minimum atomic E-state index is -3.52. The molecule has 7 nitrogen and oxygen atoms in total. The van der Waals surface area contributed by atoms with E-state index in [4.69, 9.17) is 9.47 Å². The van der Waals surface area contributed by atoms with Crippen molar-refractivity contribution in [2.24, 2.45) is 0 Å². The Kier molecular flexibility index (Phi) is 5.43. The van der Waals surface area contributed by atoms with Crippen LogP contribution in [0.2, 0.25) is 0 Å². The van der Waals surface area contributed by atoms with E-state index in [0.29, 0.717) is 39.3 Å². The van der Waals surface area contributed by atoms with Crippen LogP contribution in [-0.2, 0) is 30.7 Å². The molecule has 3 rings (SSSR count). The van der Waals surface area contributed by atoms with Crippen molar-refractivity contribution in [3.05, 3.63) is 23.8 Å². The van der Waals surface area contributed by atoms with E-state index >= 15 is 0 Å². The number of hydrogen-bond acceptors (Lipinski definition) is 5. The van der Waals surface area contributed by atoms with Gasteiger partial charge in [0.15, 0.2) is 0 Å². The van der Waals surface area contributed by atoms with Gasteiger partial charge in [-0.3, -0.25) is 4.79 Å². The Labute approximate surface area is 148 Å². The molecule has 0 unspecified atom stereocenters. The zero-order valence-corrected chi connectivity index (χ0v) is 15.4. The zero-order chi connectivity index (χ0) is 18.0. The summed E-state index contributed by atoms with van der Waals surface area (Å²) in [5, 5.41) is 0. The maximum Gasteiger partial charge on any atom is 0.253 e. The van der Waals surface area contributed by atoms with Gasteiger partial charge < -0.3 is 14.4 Å². The number of fused-ring (bicyclic) bond motifs is 1.